The Kier molecular flexibility index (Phi) is 6.36. The average Bonchev–Trinajstić information content (AvgIpc) is 2.73. The molecule has 3 aromatic rings. The number of non-ortho nitro benzene ring substituents is 1. The molecule has 0 saturated heterocycles. The smallest absolute Gasteiger partial charge is 0.407 e. The van der Waals surface area contributed by atoms with Crippen molar-refractivity contribution < 1.29 is 14.5 Å². The molecule has 0 fully saturated rings. The lowest BCUT2D eigenvalue weighted by atomic mass is 9.99. The molecule has 1 unspecified atom stereocenters. The molecule has 0 aliphatic heterocycles. The fourth-order valence-corrected chi connectivity index (χ4v) is 2.83. The van der Waals surface area contributed by atoms with E-state index in [4.69, 9.17) is 4.74 Å². The lowest BCUT2D eigenvalue weighted by Gasteiger charge is -2.19. The molecule has 3 rings (SSSR count). The third-order valence-electron chi connectivity index (χ3n) is 4.29. The largest absolute Gasteiger partial charge is 0.445 e. The second kappa shape index (κ2) is 9.32. The summed E-state index contributed by atoms with van der Waals surface area (Å²) < 4.78 is 5.30. The van der Waals surface area contributed by atoms with Crippen molar-refractivity contribution in [1.82, 2.24) is 5.32 Å². The van der Waals surface area contributed by atoms with Crippen molar-refractivity contribution in [3.8, 4) is 0 Å². The van der Waals surface area contributed by atoms with Crippen LogP contribution in [0, 0.1) is 10.1 Å². The number of benzene rings is 3. The van der Waals surface area contributed by atoms with Gasteiger partial charge in [0.1, 0.15) is 6.61 Å². The van der Waals surface area contributed by atoms with Gasteiger partial charge in [-0.1, -0.05) is 60.7 Å². The summed E-state index contributed by atoms with van der Waals surface area (Å²) in [4.78, 5) is 22.6. The Balaban J connectivity index is 1.63. The summed E-state index contributed by atoms with van der Waals surface area (Å²) in [6.45, 7) is 0.0384. The average molecular weight is 376 g/mol. The number of nitrogens with one attached hydrogen (secondary N) is 1. The predicted octanol–water partition coefficient (Wildman–Crippen LogP) is 4.81. The van der Waals surface area contributed by atoms with E-state index in [0.29, 0.717) is 12.0 Å². The maximum atomic E-state index is 12.3. The first kappa shape index (κ1) is 19.1. The highest BCUT2D eigenvalue weighted by Gasteiger charge is 2.16. The van der Waals surface area contributed by atoms with E-state index in [0.717, 1.165) is 11.1 Å². The zero-order valence-electron chi connectivity index (χ0n) is 15.2. The van der Waals surface area contributed by atoms with Crippen LogP contribution in [0.5, 0.6) is 0 Å². The van der Waals surface area contributed by atoms with Crippen molar-refractivity contribution in [2.24, 2.45) is 0 Å². The van der Waals surface area contributed by atoms with E-state index >= 15 is 0 Å². The summed E-state index contributed by atoms with van der Waals surface area (Å²) in [5.41, 5.74) is 2.77. The van der Waals surface area contributed by atoms with Gasteiger partial charge in [0.25, 0.3) is 5.69 Å². The minimum atomic E-state index is -0.539. The Morgan fingerprint density at radius 1 is 0.893 bits per heavy atom. The molecule has 142 valence electrons. The van der Waals surface area contributed by atoms with Crippen molar-refractivity contribution in [1.29, 1.82) is 0 Å². The zero-order valence-corrected chi connectivity index (χ0v) is 15.2. The van der Waals surface area contributed by atoms with Gasteiger partial charge in [0.05, 0.1) is 11.0 Å². The molecule has 0 aromatic heterocycles. The third kappa shape index (κ3) is 5.41. The van der Waals surface area contributed by atoms with Crippen LogP contribution in [-0.2, 0) is 17.8 Å². The SMILES string of the molecule is O=C(NC(Cc1ccccc1)c1ccccc1)OCc1ccc([N+](=O)[O-])cc1. The number of nitro groups is 1. The molecule has 6 heteroatoms. The van der Waals surface area contributed by atoms with Crippen LogP contribution < -0.4 is 5.32 Å². The summed E-state index contributed by atoms with van der Waals surface area (Å²) in [6.07, 6.45) is 0.0976. The van der Waals surface area contributed by atoms with E-state index in [-0.39, 0.29) is 18.3 Å². The van der Waals surface area contributed by atoms with E-state index in [1.54, 1.807) is 12.1 Å². The predicted molar refractivity (Wildman–Crippen MR) is 106 cm³/mol. The van der Waals surface area contributed by atoms with Crippen molar-refractivity contribution in [2.75, 3.05) is 0 Å². The van der Waals surface area contributed by atoms with Crippen molar-refractivity contribution in [2.45, 2.75) is 19.1 Å². The molecule has 0 aliphatic carbocycles. The van der Waals surface area contributed by atoms with Crippen LogP contribution in [-0.4, -0.2) is 11.0 Å². The van der Waals surface area contributed by atoms with Gasteiger partial charge < -0.3 is 10.1 Å². The Bertz CT molecular complexity index is 912. The first-order chi connectivity index (χ1) is 13.6. The van der Waals surface area contributed by atoms with Crippen LogP contribution in [0.25, 0.3) is 0 Å². The Labute approximate surface area is 162 Å². The highest BCUT2D eigenvalue weighted by atomic mass is 16.6. The van der Waals surface area contributed by atoms with E-state index < -0.39 is 11.0 Å². The molecule has 1 amide bonds. The maximum Gasteiger partial charge on any atom is 0.407 e. The molecule has 0 heterocycles. The van der Waals surface area contributed by atoms with Gasteiger partial charge in [-0.15, -0.1) is 0 Å². The molecule has 0 radical (unpaired) electrons. The third-order valence-corrected chi connectivity index (χ3v) is 4.29. The molecule has 3 aromatic carbocycles. The summed E-state index contributed by atoms with van der Waals surface area (Å²) in [5, 5.41) is 13.6. The topological polar surface area (TPSA) is 81.5 Å². The molecule has 0 spiro atoms. The lowest BCUT2D eigenvalue weighted by Crippen LogP contribution is -2.30. The van der Waals surface area contributed by atoms with Gasteiger partial charge in [0.2, 0.25) is 0 Å². The fourth-order valence-electron chi connectivity index (χ4n) is 2.83. The number of amides is 1. The number of nitro benzene ring substituents is 1. The van der Waals surface area contributed by atoms with Gasteiger partial charge in [-0.3, -0.25) is 10.1 Å². The fraction of sp³-hybridized carbons (Fsp3) is 0.136. The number of carbonyl (C=O) groups is 1. The van der Waals surface area contributed by atoms with Crippen molar-refractivity contribution in [3.05, 3.63) is 112 Å². The molecule has 1 atom stereocenters. The molecule has 0 aliphatic rings. The number of hydrogen-bond donors (Lipinski definition) is 1. The van der Waals surface area contributed by atoms with E-state index in [9.17, 15) is 14.9 Å². The molecule has 28 heavy (non-hydrogen) atoms. The van der Waals surface area contributed by atoms with Gasteiger partial charge in [0, 0.05) is 12.1 Å². The summed E-state index contributed by atoms with van der Waals surface area (Å²) in [6, 6.07) is 25.3. The Hall–Kier alpha value is -3.67. The van der Waals surface area contributed by atoms with Crippen LogP contribution in [0.4, 0.5) is 10.5 Å². The molecule has 6 nitrogen and oxygen atoms in total. The Morgan fingerprint density at radius 2 is 1.50 bits per heavy atom. The van der Waals surface area contributed by atoms with Crippen LogP contribution in [0.2, 0.25) is 0 Å². The highest BCUT2D eigenvalue weighted by Crippen LogP contribution is 2.19. The van der Waals surface area contributed by atoms with Crippen molar-refractivity contribution >= 4 is 11.8 Å². The number of carbonyl (C=O) groups excluding carboxylic acids is 1. The van der Waals surface area contributed by atoms with Crippen LogP contribution in [0.3, 0.4) is 0 Å². The van der Waals surface area contributed by atoms with Gasteiger partial charge in [0.15, 0.2) is 0 Å². The van der Waals surface area contributed by atoms with E-state index in [1.165, 1.54) is 12.1 Å². The first-order valence-corrected chi connectivity index (χ1v) is 8.87. The quantitative estimate of drug-likeness (QED) is 0.474. The maximum absolute atomic E-state index is 12.3. The molecule has 1 N–H and O–H groups in total. The van der Waals surface area contributed by atoms with E-state index in [1.807, 2.05) is 60.7 Å². The van der Waals surface area contributed by atoms with Gasteiger partial charge in [-0.2, -0.15) is 0 Å². The van der Waals surface area contributed by atoms with Crippen molar-refractivity contribution in [3.63, 3.8) is 0 Å². The first-order valence-electron chi connectivity index (χ1n) is 8.87. The van der Waals surface area contributed by atoms with Gasteiger partial charge in [-0.25, -0.2) is 4.79 Å². The van der Waals surface area contributed by atoms with E-state index in [2.05, 4.69) is 5.32 Å². The normalized spacial score (nSPS) is 11.4. The number of nitrogens with zero attached hydrogens (tertiary/aromatic N) is 1. The van der Waals surface area contributed by atoms with Gasteiger partial charge in [-0.05, 0) is 35.2 Å². The van der Waals surface area contributed by atoms with Crippen LogP contribution >= 0.6 is 0 Å². The molecule has 0 bridgehead atoms. The number of hydrogen-bond acceptors (Lipinski definition) is 4. The van der Waals surface area contributed by atoms with Gasteiger partial charge >= 0.3 is 6.09 Å². The monoisotopic (exact) mass is 376 g/mol. The van der Waals surface area contributed by atoms with Crippen LogP contribution in [0.1, 0.15) is 22.7 Å². The summed E-state index contributed by atoms with van der Waals surface area (Å²) >= 11 is 0. The Morgan fingerprint density at radius 3 is 2.11 bits per heavy atom. The zero-order chi connectivity index (χ0) is 19.8. The minimum absolute atomic E-state index is 0.000189. The number of rotatable bonds is 7. The summed E-state index contributed by atoms with van der Waals surface area (Å²) in [7, 11) is 0. The second-order valence-corrected chi connectivity index (χ2v) is 6.30. The second-order valence-electron chi connectivity index (χ2n) is 6.30. The molecular formula is C22H20N2O4. The summed E-state index contributed by atoms with van der Waals surface area (Å²) in [5.74, 6) is 0. The molecule has 0 saturated carbocycles. The highest BCUT2D eigenvalue weighted by molar-refractivity contribution is 5.68. The number of ether oxygens (including phenoxy) is 1. The minimum Gasteiger partial charge on any atom is -0.445 e. The number of alkyl carbamates (subject to hydrolysis) is 1. The van der Waals surface area contributed by atoms with Crippen LogP contribution in [0.15, 0.2) is 84.9 Å². The lowest BCUT2D eigenvalue weighted by molar-refractivity contribution is -0.384. The molecular weight excluding hydrogens is 356 g/mol. The standard InChI is InChI=1S/C22H20N2O4/c25-22(28-16-18-11-13-20(14-12-18)24(26)27)23-21(19-9-5-2-6-10-19)15-17-7-3-1-4-8-17/h1-14,21H,15-16H2,(H,23,25).